The van der Waals surface area contributed by atoms with Crippen LogP contribution in [-0.2, 0) is 22.9 Å². The number of hydrogen-bond acceptors (Lipinski definition) is 8. The fourth-order valence-corrected chi connectivity index (χ4v) is 2.55. The van der Waals surface area contributed by atoms with Gasteiger partial charge in [-0.2, -0.15) is 0 Å². The van der Waals surface area contributed by atoms with Gasteiger partial charge in [0.15, 0.2) is 0 Å². The van der Waals surface area contributed by atoms with E-state index in [9.17, 15) is 19.3 Å². The zero-order valence-corrected chi connectivity index (χ0v) is 11.5. The van der Waals surface area contributed by atoms with E-state index in [4.69, 9.17) is 29.4 Å². The normalized spacial score (nSPS) is 35.5. The van der Waals surface area contributed by atoms with Crippen molar-refractivity contribution in [3.63, 3.8) is 0 Å². The summed E-state index contributed by atoms with van der Waals surface area (Å²) in [6, 6.07) is 0. The molecule has 120 valence electrons. The summed E-state index contributed by atoms with van der Waals surface area (Å²) in [6.07, 6.45) is -5.53. The highest BCUT2D eigenvalue weighted by Gasteiger charge is 2.58. The standard InChI is InChI=1S/C6H14O12P2/c7-2-6(18-20(13,14)15)5(9)4(8)3(17-6)1-16-19(10,11)12/h3-5,7-9H,1-2H2,(H2,10,11,12)(H2,13,14,15)/t3-,4-,5+,6?/m1/s1. The predicted molar refractivity (Wildman–Crippen MR) is 57.8 cm³/mol. The van der Waals surface area contributed by atoms with Gasteiger partial charge in [0, 0.05) is 0 Å². The highest BCUT2D eigenvalue weighted by molar-refractivity contribution is 7.46. The minimum Gasteiger partial charge on any atom is -0.391 e. The number of aliphatic hydroxyl groups is 3. The van der Waals surface area contributed by atoms with Crippen LogP contribution in [0.2, 0.25) is 0 Å². The lowest BCUT2D eigenvalue weighted by Crippen LogP contribution is -2.47. The maximum Gasteiger partial charge on any atom is 0.472 e. The molecule has 0 aliphatic carbocycles. The van der Waals surface area contributed by atoms with E-state index in [-0.39, 0.29) is 0 Å². The van der Waals surface area contributed by atoms with Crippen molar-refractivity contribution in [2.75, 3.05) is 13.2 Å². The van der Waals surface area contributed by atoms with Gasteiger partial charge in [-0.15, -0.1) is 0 Å². The second kappa shape index (κ2) is 6.05. The van der Waals surface area contributed by atoms with Gasteiger partial charge in [-0.25, -0.2) is 13.7 Å². The average Bonchev–Trinajstić information content (AvgIpc) is 2.49. The number of ether oxygens (including phenoxy) is 1. The van der Waals surface area contributed by atoms with Crippen LogP contribution in [0, 0.1) is 0 Å². The summed E-state index contributed by atoms with van der Waals surface area (Å²) in [5.74, 6) is -2.64. The van der Waals surface area contributed by atoms with Crippen molar-refractivity contribution < 1.29 is 57.8 Å². The lowest BCUT2D eigenvalue weighted by molar-refractivity contribution is -0.237. The summed E-state index contributed by atoms with van der Waals surface area (Å²) in [5, 5.41) is 28.2. The smallest absolute Gasteiger partial charge is 0.391 e. The predicted octanol–water partition coefficient (Wildman–Crippen LogP) is -2.99. The monoisotopic (exact) mass is 340 g/mol. The van der Waals surface area contributed by atoms with Gasteiger partial charge in [0.25, 0.3) is 0 Å². The third-order valence-electron chi connectivity index (χ3n) is 2.41. The van der Waals surface area contributed by atoms with Crippen LogP contribution < -0.4 is 0 Å². The summed E-state index contributed by atoms with van der Waals surface area (Å²) < 4.78 is 34.2. The molecule has 0 saturated carbocycles. The molecule has 1 fully saturated rings. The van der Waals surface area contributed by atoms with Crippen molar-refractivity contribution in [1.29, 1.82) is 0 Å². The Bertz CT molecular complexity index is 428. The SMILES string of the molecule is O=P(O)(O)OC[C@H]1OC(CO)(OP(=O)(O)O)[C@@H](O)[C@@H]1O. The van der Waals surface area contributed by atoms with Crippen LogP contribution in [0.15, 0.2) is 0 Å². The molecule has 1 saturated heterocycles. The molecule has 0 aromatic rings. The molecule has 20 heavy (non-hydrogen) atoms. The largest absolute Gasteiger partial charge is 0.472 e. The van der Waals surface area contributed by atoms with Gasteiger partial charge in [-0.1, -0.05) is 0 Å². The Morgan fingerprint density at radius 3 is 2.05 bits per heavy atom. The Balaban J connectivity index is 2.85. The Kier molecular flexibility index (Phi) is 5.48. The molecule has 0 aromatic heterocycles. The minimum absolute atomic E-state index is 0.908. The van der Waals surface area contributed by atoms with Crippen molar-refractivity contribution in [2.45, 2.75) is 24.1 Å². The van der Waals surface area contributed by atoms with Gasteiger partial charge in [-0.05, 0) is 0 Å². The first-order chi connectivity index (χ1) is 8.90. The van der Waals surface area contributed by atoms with E-state index in [2.05, 4.69) is 9.05 Å². The van der Waals surface area contributed by atoms with E-state index in [1.807, 2.05) is 0 Å². The number of rotatable bonds is 6. The first kappa shape index (κ1) is 18.1. The van der Waals surface area contributed by atoms with E-state index in [0.29, 0.717) is 0 Å². The Hall–Kier alpha value is 0.0600. The minimum atomic E-state index is -5.19. The van der Waals surface area contributed by atoms with E-state index in [0.717, 1.165) is 0 Å². The molecule has 0 spiro atoms. The van der Waals surface area contributed by atoms with Crippen LogP contribution in [0.5, 0.6) is 0 Å². The molecule has 1 unspecified atom stereocenters. The Morgan fingerprint density at radius 2 is 1.65 bits per heavy atom. The molecule has 1 aliphatic heterocycles. The van der Waals surface area contributed by atoms with Gasteiger partial charge in [0.1, 0.15) is 24.9 Å². The van der Waals surface area contributed by atoms with Crippen molar-refractivity contribution in [2.24, 2.45) is 0 Å². The van der Waals surface area contributed by atoms with Crippen LogP contribution in [0.1, 0.15) is 0 Å². The molecule has 0 amide bonds. The van der Waals surface area contributed by atoms with Crippen molar-refractivity contribution >= 4 is 15.6 Å². The van der Waals surface area contributed by atoms with Gasteiger partial charge in [0.05, 0.1) is 6.61 Å². The third kappa shape index (κ3) is 4.53. The lowest BCUT2D eigenvalue weighted by atomic mass is 10.1. The summed E-state index contributed by atoms with van der Waals surface area (Å²) in [5.41, 5.74) is 0. The van der Waals surface area contributed by atoms with Gasteiger partial charge < -0.3 is 39.6 Å². The number of phosphoric acid groups is 2. The molecular weight excluding hydrogens is 326 g/mol. The average molecular weight is 340 g/mol. The number of hydrogen-bond donors (Lipinski definition) is 7. The molecule has 0 radical (unpaired) electrons. The fraction of sp³-hybridized carbons (Fsp3) is 1.00. The maximum atomic E-state index is 10.8. The van der Waals surface area contributed by atoms with Crippen LogP contribution in [0.3, 0.4) is 0 Å². The van der Waals surface area contributed by atoms with E-state index in [1.165, 1.54) is 0 Å². The zero-order chi connectivity index (χ0) is 15.8. The summed E-state index contributed by atoms with van der Waals surface area (Å²) >= 11 is 0. The fourth-order valence-electron chi connectivity index (χ4n) is 1.60. The van der Waals surface area contributed by atoms with Crippen molar-refractivity contribution in [1.82, 2.24) is 0 Å². The van der Waals surface area contributed by atoms with Crippen LogP contribution in [0.25, 0.3) is 0 Å². The number of aliphatic hydroxyl groups excluding tert-OH is 3. The molecular formula is C6H14O12P2. The summed E-state index contributed by atoms with van der Waals surface area (Å²) in [4.78, 5) is 34.3. The first-order valence-electron chi connectivity index (χ1n) is 5.01. The molecule has 1 aliphatic rings. The number of phosphoric ester groups is 2. The van der Waals surface area contributed by atoms with E-state index < -0.39 is 53.0 Å². The van der Waals surface area contributed by atoms with Crippen molar-refractivity contribution in [3.05, 3.63) is 0 Å². The zero-order valence-electron chi connectivity index (χ0n) is 9.71. The summed E-state index contributed by atoms with van der Waals surface area (Å²) in [6.45, 7) is -2.14. The first-order valence-corrected chi connectivity index (χ1v) is 8.07. The van der Waals surface area contributed by atoms with Crippen molar-refractivity contribution in [3.8, 4) is 0 Å². The highest BCUT2D eigenvalue weighted by Crippen LogP contribution is 2.47. The third-order valence-corrected chi connectivity index (χ3v) is 3.44. The molecule has 0 aromatic carbocycles. The topological polar surface area (TPSA) is 203 Å². The Labute approximate surface area is 112 Å². The summed E-state index contributed by atoms with van der Waals surface area (Å²) in [7, 11) is -10.1. The van der Waals surface area contributed by atoms with E-state index in [1.54, 1.807) is 0 Å². The molecule has 4 atom stereocenters. The molecule has 12 nitrogen and oxygen atoms in total. The molecule has 1 rings (SSSR count). The lowest BCUT2D eigenvalue weighted by Gasteiger charge is -2.29. The maximum absolute atomic E-state index is 10.8. The van der Waals surface area contributed by atoms with E-state index >= 15 is 0 Å². The quantitative estimate of drug-likeness (QED) is 0.242. The van der Waals surface area contributed by atoms with Crippen LogP contribution >= 0.6 is 15.6 Å². The second-order valence-electron chi connectivity index (χ2n) is 3.93. The molecule has 7 N–H and O–H groups in total. The second-order valence-corrected chi connectivity index (χ2v) is 6.33. The van der Waals surface area contributed by atoms with Gasteiger partial charge in [-0.3, -0.25) is 4.52 Å². The molecule has 14 heteroatoms. The van der Waals surface area contributed by atoms with Crippen LogP contribution in [-0.4, -0.2) is 72.2 Å². The Morgan fingerprint density at radius 1 is 1.10 bits per heavy atom. The molecule has 1 heterocycles. The van der Waals surface area contributed by atoms with Gasteiger partial charge in [0.2, 0.25) is 5.79 Å². The molecule has 0 bridgehead atoms. The van der Waals surface area contributed by atoms with Gasteiger partial charge >= 0.3 is 15.6 Å². The van der Waals surface area contributed by atoms with Crippen LogP contribution in [0.4, 0.5) is 0 Å². The highest BCUT2D eigenvalue weighted by atomic mass is 31.2.